The van der Waals surface area contributed by atoms with Gasteiger partial charge in [-0.1, -0.05) is 39.3 Å². The van der Waals surface area contributed by atoms with E-state index in [1.54, 1.807) is 0 Å². The number of nitrogens with two attached hydrogens (primary N) is 1. The summed E-state index contributed by atoms with van der Waals surface area (Å²) in [4.78, 5) is 7.31. The van der Waals surface area contributed by atoms with E-state index in [4.69, 9.17) is 10.7 Å². The van der Waals surface area contributed by atoms with Crippen LogP contribution >= 0.6 is 0 Å². The van der Waals surface area contributed by atoms with E-state index < -0.39 is 5.54 Å². The van der Waals surface area contributed by atoms with Gasteiger partial charge in [-0.25, -0.2) is 4.99 Å². The summed E-state index contributed by atoms with van der Waals surface area (Å²) in [5, 5.41) is 0. The number of benzene rings is 1. The molecule has 0 atom stereocenters. The lowest BCUT2D eigenvalue weighted by Crippen LogP contribution is -2.35. The average molecular weight is 328 g/mol. The molecule has 0 saturated heterocycles. The number of fused-ring (bicyclic) bond motifs is 1. The summed E-state index contributed by atoms with van der Waals surface area (Å²) in [5.74, 6) is 1.62. The highest BCUT2D eigenvalue weighted by Gasteiger charge is 2.30. The van der Waals surface area contributed by atoms with Gasteiger partial charge in [0.05, 0.1) is 5.69 Å². The van der Waals surface area contributed by atoms with Crippen molar-refractivity contribution < 1.29 is 0 Å². The van der Waals surface area contributed by atoms with Gasteiger partial charge in [-0.3, -0.25) is 0 Å². The zero-order chi connectivity index (χ0) is 18.1. The first-order valence-corrected chi connectivity index (χ1v) is 9.16. The maximum absolute atomic E-state index is 6.46. The van der Waals surface area contributed by atoms with Crippen LogP contribution in [0.4, 0.5) is 5.69 Å². The number of rotatable bonds is 6. The number of hydrogen-bond donors (Lipinski definition) is 1. The molecule has 0 aromatic heterocycles. The van der Waals surface area contributed by atoms with Gasteiger partial charge < -0.3 is 10.6 Å². The van der Waals surface area contributed by atoms with Gasteiger partial charge in [0, 0.05) is 29.8 Å². The number of aliphatic imine (C=N–C) groups is 1. The molecule has 0 unspecified atom stereocenters. The molecule has 1 aromatic rings. The summed E-state index contributed by atoms with van der Waals surface area (Å²) in [6.07, 6.45) is 4.65. The summed E-state index contributed by atoms with van der Waals surface area (Å²) < 4.78 is 0. The van der Waals surface area contributed by atoms with Crippen molar-refractivity contribution in [3.8, 4) is 0 Å². The van der Waals surface area contributed by atoms with Gasteiger partial charge in [-0.15, -0.1) is 0 Å². The van der Waals surface area contributed by atoms with Crippen LogP contribution in [-0.4, -0.2) is 17.8 Å². The minimum Gasteiger partial charge on any atom is -0.333 e. The van der Waals surface area contributed by atoms with Crippen LogP contribution < -0.4 is 5.73 Å². The molecule has 2 rings (SSSR count). The van der Waals surface area contributed by atoms with Crippen LogP contribution in [0.2, 0.25) is 0 Å². The molecule has 1 aliphatic rings. The monoisotopic (exact) mass is 327 g/mol. The molecule has 0 spiro atoms. The van der Waals surface area contributed by atoms with E-state index in [9.17, 15) is 0 Å². The Bertz CT molecular complexity index is 644. The Morgan fingerprint density at radius 1 is 1.21 bits per heavy atom. The van der Waals surface area contributed by atoms with Crippen molar-refractivity contribution in [3.63, 3.8) is 0 Å². The molecule has 2 N–H and O–H groups in total. The van der Waals surface area contributed by atoms with Gasteiger partial charge in [-0.2, -0.15) is 0 Å². The van der Waals surface area contributed by atoms with Crippen LogP contribution in [0.15, 0.2) is 23.7 Å². The molecule has 132 valence electrons. The molecule has 24 heavy (non-hydrogen) atoms. The molecule has 1 heterocycles. The Balaban J connectivity index is 2.65. The van der Waals surface area contributed by atoms with Gasteiger partial charge in [0.2, 0.25) is 0 Å². The number of amidine groups is 1. The second-order valence-corrected chi connectivity index (χ2v) is 7.68. The van der Waals surface area contributed by atoms with E-state index in [2.05, 4.69) is 51.4 Å². The van der Waals surface area contributed by atoms with E-state index in [-0.39, 0.29) is 0 Å². The molecule has 0 fully saturated rings. The molecule has 0 aliphatic carbocycles. The summed E-state index contributed by atoms with van der Waals surface area (Å²) in [6.45, 7) is 15.1. The highest BCUT2D eigenvalue weighted by atomic mass is 15.2. The summed E-state index contributed by atoms with van der Waals surface area (Å²) in [7, 11) is 2.10. The first kappa shape index (κ1) is 18.7. The second kappa shape index (κ2) is 7.10. The van der Waals surface area contributed by atoms with E-state index in [1.165, 1.54) is 18.4 Å². The van der Waals surface area contributed by atoms with Gasteiger partial charge in [0.15, 0.2) is 0 Å². The van der Waals surface area contributed by atoms with Crippen LogP contribution in [0.25, 0.3) is 5.70 Å². The van der Waals surface area contributed by atoms with Crippen LogP contribution in [0.3, 0.4) is 0 Å². The molecule has 0 saturated carbocycles. The van der Waals surface area contributed by atoms with Crippen molar-refractivity contribution in [1.82, 2.24) is 4.90 Å². The standard InChI is InChI=1S/C21H33N3/c1-8-10-16(11-9-2)20-23-19-17(15(4)24(20)7)12-14(3)13-18(19)21(5,6)22/h12-13,16H,4,8-11,22H2,1-3,5-7H3. The molecule has 0 radical (unpaired) electrons. The van der Waals surface area contributed by atoms with Gasteiger partial charge in [0.25, 0.3) is 0 Å². The van der Waals surface area contributed by atoms with E-state index >= 15 is 0 Å². The van der Waals surface area contributed by atoms with Crippen molar-refractivity contribution in [2.75, 3.05) is 7.05 Å². The maximum atomic E-state index is 6.46. The number of nitrogens with zero attached hydrogens (tertiary/aromatic N) is 2. The zero-order valence-electron chi connectivity index (χ0n) is 16.2. The van der Waals surface area contributed by atoms with E-state index in [0.717, 1.165) is 41.2 Å². The first-order valence-electron chi connectivity index (χ1n) is 9.16. The minimum absolute atomic E-state index is 0.425. The quantitative estimate of drug-likeness (QED) is 0.765. The first-order chi connectivity index (χ1) is 11.2. The Labute approximate surface area is 147 Å². The van der Waals surface area contributed by atoms with Crippen molar-refractivity contribution in [2.24, 2.45) is 16.6 Å². The third kappa shape index (κ3) is 3.56. The normalized spacial score (nSPS) is 14.9. The van der Waals surface area contributed by atoms with Crippen molar-refractivity contribution in [3.05, 3.63) is 35.4 Å². The fraction of sp³-hybridized carbons (Fsp3) is 0.571. The molecular weight excluding hydrogens is 294 g/mol. The minimum atomic E-state index is -0.425. The molecule has 0 bridgehead atoms. The van der Waals surface area contributed by atoms with Crippen LogP contribution in [0.1, 0.15) is 70.1 Å². The second-order valence-electron chi connectivity index (χ2n) is 7.68. The third-order valence-electron chi connectivity index (χ3n) is 4.87. The lowest BCUT2D eigenvalue weighted by Gasteiger charge is -2.35. The summed E-state index contributed by atoms with van der Waals surface area (Å²) in [5.41, 5.74) is 11.5. The summed E-state index contributed by atoms with van der Waals surface area (Å²) in [6, 6.07) is 4.35. The molecule has 0 amide bonds. The summed E-state index contributed by atoms with van der Waals surface area (Å²) >= 11 is 0. The SMILES string of the molecule is C=C1c2cc(C)cc(C(C)(C)N)c2N=C(C(CCC)CCC)N1C. The fourth-order valence-electron chi connectivity index (χ4n) is 3.58. The number of hydrogen-bond acceptors (Lipinski definition) is 3. The van der Waals surface area contributed by atoms with Gasteiger partial charge >= 0.3 is 0 Å². The largest absolute Gasteiger partial charge is 0.333 e. The lowest BCUT2D eigenvalue weighted by molar-refractivity contribution is 0.507. The van der Waals surface area contributed by atoms with Crippen LogP contribution in [0, 0.1) is 12.8 Å². The van der Waals surface area contributed by atoms with E-state index in [0.29, 0.717) is 5.92 Å². The molecule has 1 aromatic carbocycles. The Morgan fingerprint density at radius 3 is 2.29 bits per heavy atom. The smallest absolute Gasteiger partial charge is 0.112 e. The molecular formula is C21H33N3. The van der Waals surface area contributed by atoms with Crippen LogP contribution in [0.5, 0.6) is 0 Å². The maximum Gasteiger partial charge on any atom is 0.112 e. The number of aryl methyl sites for hydroxylation is 1. The van der Waals surface area contributed by atoms with Crippen molar-refractivity contribution >= 4 is 17.2 Å². The van der Waals surface area contributed by atoms with Gasteiger partial charge in [0.1, 0.15) is 5.84 Å². The Hall–Kier alpha value is -1.61. The Kier molecular flexibility index (Phi) is 5.54. The van der Waals surface area contributed by atoms with Crippen molar-refractivity contribution in [2.45, 2.75) is 65.8 Å². The highest BCUT2D eigenvalue weighted by molar-refractivity contribution is 5.99. The molecule has 3 heteroatoms. The van der Waals surface area contributed by atoms with Crippen LogP contribution in [-0.2, 0) is 5.54 Å². The Morgan fingerprint density at radius 2 is 1.79 bits per heavy atom. The van der Waals surface area contributed by atoms with Gasteiger partial charge in [-0.05, 0) is 50.8 Å². The predicted octanol–water partition coefficient (Wildman–Crippen LogP) is 5.35. The molecule has 3 nitrogen and oxygen atoms in total. The third-order valence-corrected chi connectivity index (χ3v) is 4.87. The predicted molar refractivity (Wildman–Crippen MR) is 106 cm³/mol. The topological polar surface area (TPSA) is 41.6 Å². The van der Waals surface area contributed by atoms with E-state index in [1.807, 2.05) is 13.8 Å². The fourth-order valence-corrected chi connectivity index (χ4v) is 3.58. The highest BCUT2D eigenvalue weighted by Crippen LogP contribution is 2.41. The van der Waals surface area contributed by atoms with Crippen molar-refractivity contribution in [1.29, 1.82) is 0 Å². The average Bonchev–Trinajstić information content (AvgIpc) is 2.49. The zero-order valence-corrected chi connectivity index (χ0v) is 16.2. The lowest BCUT2D eigenvalue weighted by atomic mass is 9.87. The molecule has 1 aliphatic heterocycles.